The Kier molecular flexibility index (Phi) is 3.85. The van der Waals surface area contributed by atoms with Crippen LogP contribution in [0.1, 0.15) is 22.8 Å². The van der Waals surface area contributed by atoms with Crippen LogP contribution in [0.4, 0.5) is 11.4 Å². The first-order chi connectivity index (χ1) is 9.10. The van der Waals surface area contributed by atoms with Crippen molar-refractivity contribution in [1.82, 2.24) is 9.78 Å². The summed E-state index contributed by atoms with van der Waals surface area (Å²) in [4.78, 5) is 12.1. The second-order valence-electron chi connectivity index (χ2n) is 4.42. The van der Waals surface area contributed by atoms with Crippen LogP contribution >= 0.6 is 0 Å². The lowest BCUT2D eigenvalue weighted by Gasteiger charge is -2.09. The van der Waals surface area contributed by atoms with Crippen LogP contribution in [0.2, 0.25) is 0 Å². The first-order valence-corrected chi connectivity index (χ1v) is 6.24. The van der Waals surface area contributed by atoms with Crippen molar-refractivity contribution in [3.63, 3.8) is 0 Å². The third-order valence-electron chi connectivity index (χ3n) is 2.81. The number of carbonyl (C=O) groups excluding carboxylic acids is 1. The zero-order valence-corrected chi connectivity index (χ0v) is 11.4. The minimum atomic E-state index is -0.117. The lowest BCUT2D eigenvalue weighted by molar-refractivity contribution is 0.102. The summed E-state index contributed by atoms with van der Waals surface area (Å²) in [6, 6.07) is 5.72. The fraction of sp³-hybridized carbons (Fsp3) is 0.286. The summed E-state index contributed by atoms with van der Waals surface area (Å²) in [7, 11) is 1.81. The molecule has 1 aromatic carbocycles. The summed E-state index contributed by atoms with van der Waals surface area (Å²) >= 11 is 0. The lowest BCUT2D eigenvalue weighted by Crippen LogP contribution is -2.13. The Labute approximate surface area is 112 Å². The van der Waals surface area contributed by atoms with Gasteiger partial charge >= 0.3 is 0 Å². The van der Waals surface area contributed by atoms with E-state index < -0.39 is 0 Å². The Hall–Kier alpha value is -2.30. The van der Waals surface area contributed by atoms with Gasteiger partial charge in [-0.1, -0.05) is 0 Å². The zero-order valence-electron chi connectivity index (χ0n) is 11.4. The number of hydrogen-bond donors (Lipinski definition) is 2. The largest absolute Gasteiger partial charge is 0.385 e. The molecule has 5 nitrogen and oxygen atoms in total. The molecule has 2 rings (SSSR count). The normalized spacial score (nSPS) is 10.3. The molecule has 0 saturated carbocycles. The van der Waals surface area contributed by atoms with E-state index in [0.717, 1.165) is 17.8 Å². The highest BCUT2D eigenvalue weighted by atomic mass is 16.1. The number of anilines is 2. The lowest BCUT2D eigenvalue weighted by atomic mass is 10.1. The fourth-order valence-corrected chi connectivity index (χ4v) is 1.92. The number of hydrogen-bond acceptors (Lipinski definition) is 3. The average Bonchev–Trinajstić information content (AvgIpc) is 2.75. The van der Waals surface area contributed by atoms with Gasteiger partial charge in [0.2, 0.25) is 0 Å². The van der Waals surface area contributed by atoms with E-state index in [9.17, 15) is 4.79 Å². The quantitative estimate of drug-likeness (QED) is 0.885. The molecule has 1 aromatic heterocycles. The van der Waals surface area contributed by atoms with Crippen molar-refractivity contribution in [1.29, 1.82) is 0 Å². The van der Waals surface area contributed by atoms with Gasteiger partial charge in [0.15, 0.2) is 0 Å². The molecule has 0 aliphatic rings. The highest BCUT2D eigenvalue weighted by molar-refractivity contribution is 6.05. The third kappa shape index (κ3) is 3.13. The number of amides is 1. The maximum atomic E-state index is 12.1. The van der Waals surface area contributed by atoms with Gasteiger partial charge in [0, 0.05) is 31.0 Å². The molecule has 0 aliphatic heterocycles. The summed E-state index contributed by atoms with van der Waals surface area (Å²) < 4.78 is 1.65. The molecule has 0 unspecified atom stereocenters. The standard InChI is InChI=1S/C14H18N4O/c1-4-15-11-5-6-13(10(2)7-11)14(19)17-12-8-16-18(3)9-12/h5-9,15H,4H2,1-3H3,(H,17,19). The van der Waals surface area contributed by atoms with E-state index in [1.807, 2.05) is 39.1 Å². The molecule has 19 heavy (non-hydrogen) atoms. The molecule has 1 amide bonds. The molecule has 2 aromatic rings. The molecular weight excluding hydrogens is 240 g/mol. The van der Waals surface area contributed by atoms with Crippen molar-refractivity contribution in [2.45, 2.75) is 13.8 Å². The van der Waals surface area contributed by atoms with Gasteiger partial charge in [-0.2, -0.15) is 5.10 Å². The minimum Gasteiger partial charge on any atom is -0.385 e. The Morgan fingerprint density at radius 3 is 2.74 bits per heavy atom. The molecule has 0 aliphatic carbocycles. The van der Waals surface area contributed by atoms with E-state index in [1.54, 1.807) is 17.1 Å². The van der Waals surface area contributed by atoms with Crippen LogP contribution in [0.25, 0.3) is 0 Å². The van der Waals surface area contributed by atoms with E-state index in [1.165, 1.54) is 0 Å². The van der Waals surface area contributed by atoms with E-state index >= 15 is 0 Å². The first kappa shape index (κ1) is 13.1. The van der Waals surface area contributed by atoms with E-state index in [2.05, 4.69) is 15.7 Å². The molecule has 0 radical (unpaired) electrons. The molecule has 100 valence electrons. The van der Waals surface area contributed by atoms with Gasteiger partial charge in [-0.25, -0.2) is 0 Å². The van der Waals surface area contributed by atoms with Crippen molar-refractivity contribution >= 4 is 17.3 Å². The summed E-state index contributed by atoms with van der Waals surface area (Å²) in [5.41, 5.74) is 3.34. The topological polar surface area (TPSA) is 59.0 Å². The van der Waals surface area contributed by atoms with Crippen LogP contribution in [0.3, 0.4) is 0 Å². The molecule has 2 N–H and O–H groups in total. The van der Waals surface area contributed by atoms with Crippen molar-refractivity contribution in [3.05, 3.63) is 41.7 Å². The highest BCUT2D eigenvalue weighted by Crippen LogP contribution is 2.16. The molecule has 0 saturated heterocycles. The number of nitrogens with one attached hydrogen (secondary N) is 2. The van der Waals surface area contributed by atoms with Gasteiger partial charge in [-0.3, -0.25) is 9.48 Å². The molecule has 0 fully saturated rings. The number of aromatic nitrogens is 2. The number of nitrogens with zero attached hydrogens (tertiary/aromatic N) is 2. The van der Waals surface area contributed by atoms with Crippen molar-refractivity contribution in [3.8, 4) is 0 Å². The Morgan fingerprint density at radius 1 is 1.37 bits per heavy atom. The molecule has 0 atom stereocenters. The highest BCUT2D eigenvalue weighted by Gasteiger charge is 2.10. The first-order valence-electron chi connectivity index (χ1n) is 6.24. The maximum Gasteiger partial charge on any atom is 0.256 e. The van der Waals surface area contributed by atoms with Crippen LogP contribution in [0.5, 0.6) is 0 Å². The Morgan fingerprint density at radius 2 is 2.16 bits per heavy atom. The predicted molar refractivity (Wildman–Crippen MR) is 76.5 cm³/mol. The average molecular weight is 258 g/mol. The summed E-state index contributed by atoms with van der Waals surface area (Å²) in [5, 5.41) is 10.1. The number of aryl methyl sites for hydroxylation is 2. The van der Waals surface area contributed by atoms with Crippen LogP contribution < -0.4 is 10.6 Å². The van der Waals surface area contributed by atoms with Gasteiger partial charge in [0.05, 0.1) is 11.9 Å². The van der Waals surface area contributed by atoms with Crippen molar-refractivity contribution < 1.29 is 4.79 Å². The second-order valence-corrected chi connectivity index (χ2v) is 4.42. The molecule has 5 heteroatoms. The maximum absolute atomic E-state index is 12.1. The van der Waals surface area contributed by atoms with Crippen LogP contribution in [0.15, 0.2) is 30.6 Å². The number of carbonyl (C=O) groups is 1. The Bertz CT molecular complexity index is 589. The fourth-order valence-electron chi connectivity index (χ4n) is 1.92. The van der Waals surface area contributed by atoms with E-state index in [4.69, 9.17) is 0 Å². The summed E-state index contributed by atoms with van der Waals surface area (Å²) in [6.45, 7) is 4.83. The van der Waals surface area contributed by atoms with Gasteiger partial charge in [0.1, 0.15) is 0 Å². The van der Waals surface area contributed by atoms with Gasteiger partial charge < -0.3 is 10.6 Å². The van der Waals surface area contributed by atoms with E-state index in [0.29, 0.717) is 11.3 Å². The summed E-state index contributed by atoms with van der Waals surface area (Å²) in [5.74, 6) is -0.117. The molecular formula is C14H18N4O. The van der Waals surface area contributed by atoms with Crippen LogP contribution in [-0.2, 0) is 7.05 Å². The molecule has 0 spiro atoms. The smallest absolute Gasteiger partial charge is 0.256 e. The predicted octanol–water partition coefficient (Wildman–Crippen LogP) is 2.41. The third-order valence-corrected chi connectivity index (χ3v) is 2.81. The Balaban J connectivity index is 2.15. The second kappa shape index (κ2) is 5.56. The zero-order chi connectivity index (χ0) is 13.8. The molecule has 0 bridgehead atoms. The monoisotopic (exact) mass is 258 g/mol. The molecule has 1 heterocycles. The van der Waals surface area contributed by atoms with Crippen molar-refractivity contribution in [2.24, 2.45) is 7.05 Å². The van der Waals surface area contributed by atoms with Crippen LogP contribution in [0, 0.1) is 6.92 Å². The van der Waals surface area contributed by atoms with E-state index in [-0.39, 0.29) is 5.91 Å². The van der Waals surface area contributed by atoms with Gasteiger partial charge in [-0.05, 0) is 37.6 Å². The van der Waals surface area contributed by atoms with Gasteiger partial charge in [0.25, 0.3) is 5.91 Å². The summed E-state index contributed by atoms with van der Waals surface area (Å²) in [6.07, 6.45) is 3.39. The number of benzene rings is 1. The number of rotatable bonds is 4. The van der Waals surface area contributed by atoms with Crippen LogP contribution in [-0.4, -0.2) is 22.2 Å². The SMILES string of the molecule is CCNc1ccc(C(=O)Nc2cnn(C)c2)c(C)c1. The van der Waals surface area contributed by atoms with Crippen molar-refractivity contribution in [2.75, 3.05) is 17.2 Å². The van der Waals surface area contributed by atoms with Gasteiger partial charge in [-0.15, -0.1) is 0 Å². The minimum absolute atomic E-state index is 0.117.